The number of benzene rings is 1. The Labute approximate surface area is 154 Å². The number of hydrogen-bond acceptors (Lipinski definition) is 5. The van der Waals surface area contributed by atoms with Crippen LogP contribution in [0.25, 0.3) is 0 Å². The van der Waals surface area contributed by atoms with E-state index in [9.17, 15) is 18.0 Å². The highest BCUT2D eigenvalue weighted by atomic mass is 32.2. The maximum atomic E-state index is 12.3. The van der Waals surface area contributed by atoms with Crippen molar-refractivity contribution in [3.8, 4) is 0 Å². The van der Waals surface area contributed by atoms with Crippen molar-refractivity contribution in [1.82, 2.24) is 15.4 Å². The van der Waals surface area contributed by atoms with Crippen LogP contribution in [0.2, 0.25) is 0 Å². The second-order valence-electron chi connectivity index (χ2n) is 6.87. The molecule has 0 spiro atoms. The van der Waals surface area contributed by atoms with E-state index in [2.05, 4.69) is 15.4 Å². The van der Waals surface area contributed by atoms with Crippen molar-refractivity contribution in [2.45, 2.75) is 45.1 Å². The number of alkyl carbamates (subject to hydrolysis) is 1. The van der Waals surface area contributed by atoms with Gasteiger partial charge >= 0.3 is 6.09 Å². The van der Waals surface area contributed by atoms with Gasteiger partial charge in [0.25, 0.3) is 0 Å². The van der Waals surface area contributed by atoms with Gasteiger partial charge in [0, 0.05) is 13.1 Å². The second kappa shape index (κ2) is 9.00. The molecule has 1 aromatic carbocycles. The predicted molar refractivity (Wildman–Crippen MR) is 98.4 cm³/mol. The Morgan fingerprint density at radius 3 is 2.31 bits per heavy atom. The molecule has 9 heteroatoms. The molecule has 0 aliphatic heterocycles. The van der Waals surface area contributed by atoms with Crippen molar-refractivity contribution in [3.63, 3.8) is 0 Å². The van der Waals surface area contributed by atoms with Crippen LogP contribution < -0.4 is 15.4 Å². The SMILES string of the molecule is Cc1ccc(S(=O)(=O)NCCNC(=O)CNC(=O)OC(C)(C)C)c(C)c1. The smallest absolute Gasteiger partial charge is 0.408 e. The lowest BCUT2D eigenvalue weighted by molar-refractivity contribution is -0.120. The van der Waals surface area contributed by atoms with Crippen molar-refractivity contribution >= 4 is 22.0 Å². The van der Waals surface area contributed by atoms with E-state index in [1.54, 1.807) is 45.9 Å². The highest BCUT2D eigenvalue weighted by Gasteiger charge is 2.17. The Balaban J connectivity index is 2.37. The molecule has 0 aliphatic carbocycles. The van der Waals surface area contributed by atoms with Gasteiger partial charge in [-0.25, -0.2) is 17.9 Å². The number of carbonyl (C=O) groups excluding carboxylic acids is 2. The van der Waals surface area contributed by atoms with E-state index in [0.29, 0.717) is 5.56 Å². The first-order valence-corrected chi connectivity index (χ1v) is 9.69. The molecular weight excluding hydrogens is 358 g/mol. The number of ether oxygens (including phenoxy) is 1. The monoisotopic (exact) mass is 385 g/mol. The highest BCUT2D eigenvalue weighted by Crippen LogP contribution is 2.15. The molecule has 8 nitrogen and oxygen atoms in total. The van der Waals surface area contributed by atoms with Crippen LogP contribution in [0.4, 0.5) is 4.79 Å². The van der Waals surface area contributed by atoms with Crippen LogP contribution in [0.1, 0.15) is 31.9 Å². The summed E-state index contributed by atoms with van der Waals surface area (Å²) in [7, 11) is -3.64. The molecule has 0 fully saturated rings. The van der Waals surface area contributed by atoms with Crippen LogP contribution in [0.15, 0.2) is 23.1 Å². The van der Waals surface area contributed by atoms with Gasteiger partial charge in [-0.15, -0.1) is 0 Å². The summed E-state index contributed by atoms with van der Waals surface area (Å²) in [5, 5.41) is 4.84. The van der Waals surface area contributed by atoms with Crippen molar-refractivity contribution in [2.75, 3.05) is 19.6 Å². The highest BCUT2D eigenvalue weighted by molar-refractivity contribution is 7.89. The summed E-state index contributed by atoms with van der Waals surface area (Å²) in [5.74, 6) is -0.443. The lowest BCUT2D eigenvalue weighted by Crippen LogP contribution is -2.42. The van der Waals surface area contributed by atoms with Gasteiger partial charge in [0.05, 0.1) is 11.4 Å². The minimum absolute atomic E-state index is 0.0355. The van der Waals surface area contributed by atoms with Crippen LogP contribution in [-0.4, -0.2) is 45.7 Å². The molecule has 0 aromatic heterocycles. The Kier molecular flexibility index (Phi) is 7.58. The summed E-state index contributed by atoms with van der Waals surface area (Å²) in [6.45, 7) is 8.65. The van der Waals surface area contributed by atoms with Gasteiger partial charge < -0.3 is 15.4 Å². The number of rotatable bonds is 7. The number of carbonyl (C=O) groups is 2. The van der Waals surface area contributed by atoms with E-state index in [4.69, 9.17) is 4.74 Å². The van der Waals surface area contributed by atoms with E-state index < -0.39 is 27.6 Å². The lowest BCUT2D eigenvalue weighted by atomic mass is 10.2. The normalized spacial score (nSPS) is 11.7. The molecule has 0 aliphatic rings. The van der Waals surface area contributed by atoms with Crippen LogP contribution in [0.3, 0.4) is 0 Å². The Bertz CT molecular complexity index is 754. The molecule has 0 saturated heterocycles. The van der Waals surface area contributed by atoms with Gasteiger partial charge in [0.2, 0.25) is 15.9 Å². The minimum atomic E-state index is -3.64. The average molecular weight is 385 g/mol. The Morgan fingerprint density at radius 1 is 1.08 bits per heavy atom. The fourth-order valence-corrected chi connectivity index (χ4v) is 3.35. The first-order valence-electron chi connectivity index (χ1n) is 8.21. The third kappa shape index (κ3) is 7.83. The fraction of sp³-hybridized carbons (Fsp3) is 0.529. The van der Waals surface area contributed by atoms with Crippen molar-refractivity contribution < 1.29 is 22.7 Å². The molecule has 1 aromatic rings. The van der Waals surface area contributed by atoms with Gasteiger partial charge in [-0.3, -0.25) is 4.79 Å². The maximum absolute atomic E-state index is 12.3. The number of sulfonamides is 1. The van der Waals surface area contributed by atoms with Gasteiger partial charge in [-0.2, -0.15) is 0 Å². The molecule has 0 heterocycles. The van der Waals surface area contributed by atoms with Crippen molar-refractivity contribution in [1.29, 1.82) is 0 Å². The molecule has 26 heavy (non-hydrogen) atoms. The summed E-state index contributed by atoms with van der Waals surface area (Å²) in [6.07, 6.45) is -0.691. The fourth-order valence-electron chi connectivity index (χ4n) is 2.10. The second-order valence-corrected chi connectivity index (χ2v) is 8.61. The summed E-state index contributed by atoms with van der Waals surface area (Å²) in [4.78, 5) is 23.3. The maximum Gasteiger partial charge on any atom is 0.408 e. The molecule has 146 valence electrons. The first kappa shape index (κ1) is 21.9. The zero-order chi connectivity index (χ0) is 20.0. The summed E-state index contributed by atoms with van der Waals surface area (Å²) >= 11 is 0. The van der Waals surface area contributed by atoms with Crippen molar-refractivity contribution in [2.24, 2.45) is 0 Å². The molecule has 1 rings (SSSR count). The molecular formula is C17H27N3O5S. The molecule has 0 atom stereocenters. The first-order chi connectivity index (χ1) is 11.9. The quantitative estimate of drug-likeness (QED) is 0.611. The summed E-state index contributed by atoms with van der Waals surface area (Å²) in [6, 6.07) is 5.07. The summed E-state index contributed by atoms with van der Waals surface area (Å²) < 4.78 is 32.0. The third-order valence-electron chi connectivity index (χ3n) is 3.15. The Hall–Kier alpha value is -2.13. The van der Waals surface area contributed by atoms with E-state index in [-0.39, 0.29) is 24.5 Å². The molecule has 2 amide bonds. The number of aryl methyl sites for hydroxylation is 2. The molecule has 0 radical (unpaired) electrons. The largest absolute Gasteiger partial charge is 0.444 e. The number of amides is 2. The van der Waals surface area contributed by atoms with Gasteiger partial charge in [-0.1, -0.05) is 17.7 Å². The van der Waals surface area contributed by atoms with Crippen molar-refractivity contribution in [3.05, 3.63) is 29.3 Å². The van der Waals surface area contributed by atoms with E-state index >= 15 is 0 Å². The zero-order valence-corrected chi connectivity index (χ0v) is 16.6. The van der Waals surface area contributed by atoms with Crippen LogP contribution in [-0.2, 0) is 19.6 Å². The zero-order valence-electron chi connectivity index (χ0n) is 15.8. The average Bonchev–Trinajstić information content (AvgIpc) is 2.47. The predicted octanol–water partition coefficient (Wildman–Crippen LogP) is 1.22. The minimum Gasteiger partial charge on any atom is -0.444 e. The van der Waals surface area contributed by atoms with Gasteiger partial charge in [-0.05, 0) is 46.2 Å². The van der Waals surface area contributed by atoms with E-state index in [1.807, 2.05) is 6.92 Å². The lowest BCUT2D eigenvalue weighted by Gasteiger charge is -2.19. The Morgan fingerprint density at radius 2 is 1.73 bits per heavy atom. The van der Waals surface area contributed by atoms with Gasteiger partial charge in [0.1, 0.15) is 5.60 Å². The van der Waals surface area contributed by atoms with Crippen LogP contribution in [0, 0.1) is 13.8 Å². The topological polar surface area (TPSA) is 114 Å². The van der Waals surface area contributed by atoms with Gasteiger partial charge in [0.15, 0.2) is 0 Å². The van der Waals surface area contributed by atoms with E-state index in [1.165, 1.54) is 0 Å². The molecule has 0 saturated carbocycles. The van der Waals surface area contributed by atoms with Crippen LogP contribution >= 0.6 is 0 Å². The third-order valence-corrected chi connectivity index (χ3v) is 4.77. The standard InChI is InChI=1S/C17H27N3O5S/c1-12-6-7-14(13(2)10-12)26(23,24)20-9-8-18-15(21)11-19-16(22)25-17(3,4)5/h6-7,10,20H,8-9,11H2,1-5H3,(H,18,21)(H,19,22). The van der Waals surface area contributed by atoms with E-state index in [0.717, 1.165) is 5.56 Å². The molecule has 0 unspecified atom stereocenters. The molecule has 0 bridgehead atoms. The summed E-state index contributed by atoms with van der Waals surface area (Å²) in [5.41, 5.74) is 0.988. The number of nitrogens with one attached hydrogen (secondary N) is 3. The number of hydrogen-bond donors (Lipinski definition) is 3. The molecule has 3 N–H and O–H groups in total. The van der Waals surface area contributed by atoms with Crippen LogP contribution in [0.5, 0.6) is 0 Å².